The highest BCUT2D eigenvalue weighted by Crippen LogP contribution is 2.17. The summed E-state index contributed by atoms with van der Waals surface area (Å²) in [4.78, 5) is 12.0. The van der Waals surface area contributed by atoms with Crippen LogP contribution in [0.1, 0.15) is 16.7 Å². The average molecular weight is 323 g/mol. The van der Waals surface area contributed by atoms with Gasteiger partial charge in [0.05, 0.1) is 0 Å². The van der Waals surface area contributed by atoms with Gasteiger partial charge in [-0.05, 0) is 60.0 Å². The van der Waals surface area contributed by atoms with Crippen LogP contribution in [0.25, 0.3) is 12.2 Å². The second-order valence-electron chi connectivity index (χ2n) is 5.32. The Hall–Kier alpha value is -2.85. The number of aromatic hydroxyl groups is 1. The lowest BCUT2D eigenvalue weighted by molar-refractivity contribution is -0.110. The lowest BCUT2D eigenvalue weighted by atomic mass is 10.1. The summed E-state index contributed by atoms with van der Waals surface area (Å²) < 4.78 is 5.45. The molecule has 0 saturated carbocycles. The molecule has 0 aliphatic rings. The van der Waals surface area contributed by atoms with E-state index in [9.17, 15) is 9.90 Å². The fraction of sp³-hybridized carbons (Fsp3) is 0.150. The van der Waals surface area contributed by atoms with Crippen LogP contribution in [-0.2, 0) is 4.79 Å². The molecule has 0 amide bonds. The molecule has 4 nitrogen and oxygen atoms in total. The summed E-state index contributed by atoms with van der Waals surface area (Å²) in [6, 6.07) is 12.5. The van der Waals surface area contributed by atoms with Crippen molar-refractivity contribution in [2.45, 2.75) is 6.92 Å². The third-order valence-corrected chi connectivity index (χ3v) is 3.37. The highest BCUT2D eigenvalue weighted by atomic mass is 16.5. The highest BCUT2D eigenvalue weighted by molar-refractivity contribution is 6.04. The molecule has 0 saturated heterocycles. The van der Waals surface area contributed by atoms with E-state index in [2.05, 4.69) is 0 Å². The number of phenols is 1. The molecule has 0 spiro atoms. The predicted molar refractivity (Wildman–Crippen MR) is 96.9 cm³/mol. The first-order chi connectivity index (χ1) is 11.6. The van der Waals surface area contributed by atoms with Crippen molar-refractivity contribution in [1.82, 2.24) is 0 Å². The van der Waals surface area contributed by atoms with E-state index in [1.165, 1.54) is 12.2 Å². The molecule has 24 heavy (non-hydrogen) atoms. The number of allylic oxidation sites excluding steroid dienone is 2. The molecule has 0 aliphatic carbocycles. The van der Waals surface area contributed by atoms with Crippen LogP contribution in [0.4, 0.5) is 0 Å². The Bertz CT molecular complexity index is 763. The minimum Gasteiger partial charge on any atom is -0.508 e. The number of rotatable bonds is 7. The molecule has 0 fully saturated rings. The summed E-state index contributed by atoms with van der Waals surface area (Å²) in [6.45, 7) is 2.84. The molecule has 4 heteroatoms. The third-order valence-electron chi connectivity index (χ3n) is 3.37. The van der Waals surface area contributed by atoms with E-state index in [0.29, 0.717) is 13.2 Å². The zero-order valence-electron chi connectivity index (χ0n) is 13.6. The normalized spacial score (nSPS) is 11.2. The van der Waals surface area contributed by atoms with Crippen molar-refractivity contribution >= 4 is 17.9 Å². The summed E-state index contributed by atoms with van der Waals surface area (Å²) >= 11 is 0. The molecule has 0 atom stereocenters. The lowest BCUT2D eigenvalue weighted by Crippen LogP contribution is -2.10. The highest BCUT2D eigenvalue weighted by Gasteiger charge is 1.98. The van der Waals surface area contributed by atoms with Gasteiger partial charge in [-0.2, -0.15) is 0 Å². The maximum atomic E-state index is 12.0. The lowest BCUT2D eigenvalue weighted by Gasteiger charge is -2.04. The maximum Gasteiger partial charge on any atom is 0.178 e. The molecule has 0 bridgehead atoms. The molecule has 0 radical (unpaired) electrons. The second kappa shape index (κ2) is 8.70. The minimum atomic E-state index is -0.133. The standard InChI is InChI=1S/C20H21NO3/c1-15-5-8-19(23)14-17(15)7-10-18(22)9-6-16-3-2-4-20(13-16)24-12-11-21/h2-10,13-14,23H,11-12,21H2,1H3/b9-6+,10-7+. The quantitative estimate of drug-likeness (QED) is 0.767. The summed E-state index contributed by atoms with van der Waals surface area (Å²) in [7, 11) is 0. The number of ketones is 1. The van der Waals surface area contributed by atoms with Gasteiger partial charge in [0.2, 0.25) is 0 Å². The third kappa shape index (κ3) is 5.41. The Labute approximate surface area is 141 Å². The van der Waals surface area contributed by atoms with Gasteiger partial charge in [-0.3, -0.25) is 4.79 Å². The van der Waals surface area contributed by atoms with Crippen LogP contribution in [0.3, 0.4) is 0 Å². The topological polar surface area (TPSA) is 72.5 Å². The average Bonchev–Trinajstić information content (AvgIpc) is 2.59. The number of aryl methyl sites for hydroxylation is 1. The number of ether oxygens (including phenoxy) is 1. The number of carbonyl (C=O) groups is 1. The largest absolute Gasteiger partial charge is 0.508 e. The monoisotopic (exact) mass is 323 g/mol. The molecule has 0 unspecified atom stereocenters. The summed E-state index contributed by atoms with van der Waals surface area (Å²) in [6.07, 6.45) is 6.41. The molecule has 2 rings (SSSR count). The molecule has 2 aromatic rings. The Morgan fingerprint density at radius 2 is 1.96 bits per heavy atom. The number of carbonyl (C=O) groups excluding carboxylic acids is 1. The molecular formula is C20H21NO3. The van der Waals surface area contributed by atoms with Crippen molar-refractivity contribution < 1.29 is 14.6 Å². The molecule has 3 N–H and O–H groups in total. The first-order valence-corrected chi connectivity index (χ1v) is 7.71. The first kappa shape index (κ1) is 17.5. The van der Waals surface area contributed by atoms with Crippen molar-refractivity contribution in [1.29, 1.82) is 0 Å². The first-order valence-electron chi connectivity index (χ1n) is 7.71. The zero-order valence-corrected chi connectivity index (χ0v) is 13.6. The fourth-order valence-electron chi connectivity index (χ4n) is 2.10. The van der Waals surface area contributed by atoms with Gasteiger partial charge in [-0.15, -0.1) is 0 Å². The number of phenolic OH excluding ortho intramolecular Hbond substituents is 1. The smallest absolute Gasteiger partial charge is 0.178 e. The van der Waals surface area contributed by atoms with Crippen LogP contribution in [-0.4, -0.2) is 24.0 Å². The van der Waals surface area contributed by atoms with Gasteiger partial charge in [0.15, 0.2) is 5.78 Å². The predicted octanol–water partition coefficient (Wildman–Crippen LogP) is 3.33. The SMILES string of the molecule is Cc1ccc(O)cc1/C=C/C(=O)/C=C/c1cccc(OCCN)c1. The molecule has 0 aliphatic heterocycles. The van der Waals surface area contributed by atoms with E-state index in [-0.39, 0.29) is 11.5 Å². The van der Waals surface area contributed by atoms with Gasteiger partial charge >= 0.3 is 0 Å². The van der Waals surface area contributed by atoms with Crippen molar-refractivity contribution in [2.24, 2.45) is 5.73 Å². The van der Waals surface area contributed by atoms with Crippen molar-refractivity contribution in [3.8, 4) is 11.5 Å². The van der Waals surface area contributed by atoms with Crippen LogP contribution < -0.4 is 10.5 Å². The van der Waals surface area contributed by atoms with Crippen molar-refractivity contribution in [3.63, 3.8) is 0 Å². The maximum absolute atomic E-state index is 12.0. The van der Waals surface area contributed by atoms with Gasteiger partial charge < -0.3 is 15.6 Å². The zero-order chi connectivity index (χ0) is 17.4. The van der Waals surface area contributed by atoms with Gasteiger partial charge in [0, 0.05) is 6.54 Å². The van der Waals surface area contributed by atoms with E-state index in [4.69, 9.17) is 10.5 Å². The summed E-state index contributed by atoms with van der Waals surface area (Å²) in [5.74, 6) is 0.768. The Morgan fingerprint density at radius 1 is 1.17 bits per heavy atom. The second-order valence-corrected chi connectivity index (χ2v) is 5.32. The van der Waals surface area contributed by atoms with E-state index in [1.807, 2.05) is 37.3 Å². The van der Waals surface area contributed by atoms with Crippen LogP contribution >= 0.6 is 0 Å². The Morgan fingerprint density at radius 3 is 2.75 bits per heavy atom. The van der Waals surface area contributed by atoms with Gasteiger partial charge in [0.25, 0.3) is 0 Å². The molecule has 124 valence electrons. The molecule has 2 aromatic carbocycles. The number of hydrogen-bond donors (Lipinski definition) is 2. The number of benzene rings is 2. The fourth-order valence-corrected chi connectivity index (χ4v) is 2.10. The van der Waals surface area contributed by atoms with Gasteiger partial charge in [-0.25, -0.2) is 0 Å². The van der Waals surface area contributed by atoms with Crippen LogP contribution in [0, 0.1) is 6.92 Å². The van der Waals surface area contributed by atoms with Crippen LogP contribution in [0.15, 0.2) is 54.6 Å². The molecule has 0 aromatic heterocycles. The molecule has 0 heterocycles. The van der Waals surface area contributed by atoms with Crippen LogP contribution in [0.2, 0.25) is 0 Å². The summed E-state index contributed by atoms with van der Waals surface area (Å²) in [5.41, 5.74) is 8.09. The van der Waals surface area contributed by atoms with Gasteiger partial charge in [-0.1, -0.05) is 30.4 Å². The van der Waals surface area contributed by atoms with E-state index in [0.717, 1.165) is 22.4 Å². The van der Waals surface area contributed by atoms with E-state index < -0.39 is 0 Å². The van der Waals surface area contributed by atoms with E-state index in [1.54, 1.807) is 24.3 Å². The van der Waals surface area contributed by atoms with Crippen molar-refractivity contribution in [3.05, 3.63) is 71.3 Å². The van der Waals surface area contributed by atoms with Crippen LogP contribution in [0.5, 0.6) is 11.5 Å². The minimum absolute atomic E-state index is 0.133. The Kier molecular flexibility index (Phi) is 6.34. The van der Waals surface area contributed by atoms with Gasteiger partial charge in [0.1, 0.15) is 18.1 Å². The molecular weight excluding hydrogens is 302 g/mol. The number of hydrogen-bond acceptors (Lipinski definition) is 4. The van der Waals surface area contributed by atoms with Crippen molar-refractivity contribution in [2.75, 3.05) is 13.2 Å². The van der Waals surface area contributed by atoms with E-state index >= 15 is 0 Å². The summed E-state index contributed by atoms with van der Waals surface area (Å²) in [5, 5.41) is 9.49. The Balaban J connectivity index is 2.02. The number of nitrogens with two attached hydrogens (primary N) is 1.